The largest absolute Gasteiger partial charge is 0.443 e. The zero-order valence-electron chi connectivity index (χ0n) is 12.4. The van der Waals surface area contributed by atoms with E-state index < -0.39 is 0 Å². The Hall–Kier alpha value is -2.40. The molecule has 0 saturated carbocycles. The van der Waals surface area contributed by atoms with Gasteiger partial charge in [-0.1, -0.05) is 6.07 Å². The van der Waals surface area contributed by atoms with Crippen LogP contribution in [0.25, 0.3) is 21.8 Å². The highest BCUT2D eigenvalue weighted by molar-refractivity contribution is 7.13. The molecule has 0 bridgehead atoms. The highest BCUT2D eigenvalue weighted by Crippen LogP contribution is 2.24. The minimum Gasteiger partial charge on any atom is -0.443 e. The summed E-state index contributed by atoms with van der Waals surface area (Å²) in [5.41, 5.74) is 5.59. The van der Waals surface area contributed by atoms with E-state index in [1.165, 1.54) is 11.1 Å². The molecule has 1 aromatic carbocycles. The van der Waals surface area contributed by atoms with Crippen LogP contribution in [0.1, 0.15) is 16.8 Å². The average Bonchev–Trinajstić information content (AvgIpc) is 3.22. The molecule has 4 nitrogen and oxygen atoms in total. The molecule has 0 unspecified atom stereocenters. The Morgan fingerprint density at radius 2 is 2.09 bits per heavy atom. The Labute approximate surface area is 132 Å². The molecule has 5 heteroatoms. The highest BCUT2D eigenvalue weighted by Gasteiger charge is 2.10. The summed E-state index contributed by atoms with van der Waals surface area (Å²) >= 11 is 1.63. The Kier molecular flexibility index (Phi) is 3.08. The molecule has 0 aliphatic heterocycles. The molecule has 3 heterocycles. The molecule has 0 aliphatic carbocycles. The Morgan fingerprint density at radius 1 is 1.23 bits per heavy atom. The second kappa shape index (κ2) is 5.10. The number of imidazole rings is 1. The molecule has 4 aromatic rings. The van der Waals surface area contributed by atoms with Gasteiger partial charge in [-0.05, 0) is 48.6 Å². The van der Waals surface area contributed by atoms with Gasteiger partial charge in [0.2, 0.25) is 5.89 Å². The molecule has 0 spiro atoms. The number of aryl methyl sites for hydroxylation is 2. The topological polar surface area (TPSA) is 43.9 Å². The van der Waals surface area contributed by atoms with Gasteiger partial charge in [0.15, 0.2) is 0 Å². The van der Waals surface area contributed by atoms with Crippen molar-refractivity contribution in [3.63, 3.8) is 0 Å². The van der Waals surface area contributed by atoms with Crippen molar-refractivity contribution in [2.45, 2.75) is 20.4 Å². The maximum atomic E-state index is 5.58. The van der Waals surface area contributed by atoms with Crippen molar-refractivity contribution in [3.8, 4) is 10.8 Å². The molecular weight excluding hydrogens is 294 g/mol. The smallest absolute Gasteiger partial charge is 0.236 e. The molecule has 0 aliphatic rings. The predicted molar refractivity (Wildman–Crippen MR) is 88.1 cm³/mol. The van der Waals surface area contributed by atoms with Gasteiger partial charge in [-0.3, -0.25) is 0 Å². The first-order valence-corrected chi connectivity index (χ1v) is 7.99. The second-order valence-electron chi connectivity index (χ2n) is 5.42. The molecule has 0 saturated heterocycles. The molecule has 0 amide bonds. The summed E-state index contributed by atoms with van der Waals surface area (Å²) in [5, 5.41) is 2.02. The minimum absolute atomic E-state index is 0.661. The number of benzene rings is 1. The third-order valence-electron chi connectivity index (χ3n) is 3.85. The summed E-state index contributed by atoms with van der Waals surface area (Å²) in [5.74, 6) is 0.682. The van der Waals surface area contributed by atoms with Gasteiger partial charge >= 0.3 is 0 Å². The van der Waals surface area contributed by atoms with Crippen molar-refractivity contribution in [3.05, 3.63) is 59.1 Å². The van der Waals surface area contributed by atoms with Gasteiger partial charge in [0.1, 0.15) is 6.26 Å². The fourth-order valence-corrected chi connectivity index (χ4v) is 3.16. The maximum absolute atomic E-state index is 5.58. The second-order valence-corrected chi connectivity index (χ2v) is 6.37. The first-order valence-electron chi connectivity index (χ1n) is 7.11. The van der Waals surface area contributed by atoms with Gasteiger partial charge in [-0.25, -0.2) is 9.97 Å². The number of hydrogen-bond acceptors (Lipinski definition) is 4. The van der Waals surface area contributed by atoms with Gasteiger partial charge in [0.25, 0.3) is 0 Å². The molecule has 4 rings (SSSR count). The Balaban J connectivity index is 1.68. The molecule has 0 atom stereocenters. The van der Waals surface area contributed by atoms with Crippen LogP contribution in [0.4, 0.5) is 0 Å². The van der Waals surface area contributed by atoms with Gasteiger partial charge in [0, 0.05) is 0 Å². The van der Waals surface area contributed by atoms with Crippen molar-refractivity contribution in [2.24, 2.45) is 0 Å². The van der Waals surface area contributed by atoms with Gasteiger partial charge in [-0.15, -0.1) is 11.3 Å². The summed E-state index contributed by atoms with van der Waals surface area (Å²) < 4.78 is 7.69. The SMILES string of the molecule is Cc1cc2ncn(Cc3coc(-c4cccs4)n3)c2cc1C. The predicted octanol–water partition coefficient (Wildman–Crippen LogP) is 4.42. The zero-order valence-corrected chi connectivity index (χ0v) is 13.2. The summed E-state index contributed by atoms with van der Waals surface area (Å²) in [4.78, 5) is 10.1. The van der Waals surface area contributed by atoms with Gasteiger partial charge in [-0.2, -0.15) is 0 Å². The number of fused-ring (bicyclic) bond motifs is 1. The third-order valence-corrected chi connectivity index (χ3v) is 4.71. The third kappa shape index (κ3) is 2.23. The number of rotatable bonds is 3. The standard InChI is InChI=1S/C17H15N3OS/c1-11-6-14-15(7-12(11)2)20(10-18-14)8-13-9-21-17(19-13)16-4-3-5-22-16/h3-7,9-10H,8H2,1-2H3. The maximum Gasteiger partial charge on any atom is 0.236 e. The minimum atomic E-state index is 0.661. The Morgan fingerprint density at radius 3 is 2.91 bits per heavy atom. The molecule has 3 aromatic heterocycles. The lowest BCUT2D eigenvalue weighted by Crippen LogP contribution is -1.98. The summed E-state index contributed by atoms with van der Waals surface area (Å²) in [6, 6.07) is 8.32. The Bertz CT molecular complexity index is 934. The average molecular weight is 309 g/mol. The normalized spacial score (nSPS) is 11.4. The summed E-state index contributed by atoms with van der Waals surface area (Å²) in [6.07, 6.45) is 3.59. The van der Waals surface area contributed by atoms with Crippen LogP contribution in [0, 0.1) is 13.8 Å². The zero-order chi connectivity index (χ0) is 15.1. The van der Waals surface area contributed by atoms with Crippen molar-refractivity contribution in [1.29, 1.82) is 0 Å². The number of nitrogens with zero attached hydrogens (tertiary/aromatic N) is 3. The van der Waals surface area contributed by atoms with E-state index in [-0.39, 0.29) is 0 Å². The van der Waals surface area contributed by atoms with E-state index in [1.807, 2.05) is 23.8 Å². The summed E-state index contributed by atoms with van der Waals surface area (Å²) in [7, 11) is 0. The van der Waals surface area contributed by atoms with Crippen LogP contribution in [0.15, 0.2) is 46.7 Å². The molecule has 0 radical (unpaired) electrons. The van der Waals surface area contributed by atoms with Crippen molar-refractivity contribution >= 4 is 22.4 Å². The fraction of sp³-hybridized carbons (Fsp3) is 0.176. The van der Waals surface area contributed by atoms with E-state index in [0.29, 0.717) is 12.4 Å². The van der Waals surface area contributed by atoms with Gasteiger partial charge in [0.05, 0.1) is 34.5 Å². The van der Waals surface area contributed by atoms with Crippen molar-refractivity contribution in [1.82, 2.24) is 14.5 Å². The summed E-state index contributed by atoms with van der Waals surface area (Å²) in [6.45, 7) is 4.89. The number of aromatic nitrogens is 3. The fourth-order valence-electron chi connectivity index (χ4n) is 2.51. The van der Waals surface area contributed by atoms with E-state index in [4.69, 9.17) is 4.42 Å². The molecular formula is C17H15N3OS. The lowest BCUT2D eigenvalue weighted by molar-refractivity contribution is 0.573. The lowest BCUT2D eigenvalue weighted by Gasteiger charge is -2.03. The first-order chi connectivity index (χ1) is 10.7. The molecule has 0 fully saturated rings. The van der Waals surface area contributed by atoms with E-state index in [0.717, 1.165) is 21.6 Å². The van der Waals surface area contributed by atoms with Crippen LogP contribution in [-0.2, 0) is 6.54 Å². The first kappa shape index (κ1) is 13.3. The van der Waals surface area contributed by atoms with Crippen molar-refractivity contribution < 1.29 is 4.42 Å². The van der Waals surface area contributed by atoms with E-state index in [1.54, 1.807) is 17.6 Å². The van der Waals surface area contributed by atoms with Crippen LogP contribution in [0.2, 0.25) is 0 Å². The monoisotopic (exact) mass is 309 g/mol. The van der Waals surface area contributed by atoms with Crippen molar-refractivity contribution in [2.75, 3.05) is 0 Å². The number of hydrogen-bond donors (Lipinski definition) is 0. The lowest BCUT2D eigenvalue weighted by atomic mass is 10.1. The van der Waals surface area contributed by atoms with Crippen LogP contribution in [0.3, 0.4) is 0 Å². The number of thiophene rings is 1. The molecule has 22 heavy (non-hydrogen) atoms. The highest BCUT2D eigenvalue weighted by atomic mass is 32.1. The van der Waals surface area contributed by atoms with Gasteiger partial charge < -0.3 is 8.98 Å². The van der Waals surface area contributed by atoms with Crippen LogP contribution in [-0.4, -0.2) is 14.5 Å². The van der Waals surface area contributed by atoms with E-state index in [9.17, 15) is 0 Å². The van der Waals surface area contributed by atoms with E-state index in [2.05, 4.69) is 40.5 Å². The quantitative estimate of drug-likeness (QED) is 0.563. The molecule has 0 N–H and O–H groups in total. The van der Waals surface area contributed by atoms with E-state index >= 15 is 0 Å². The number of oxazole rings is 1. The van der Waals surface area contributed by atoms with Crippen LogP contribution in [0.5, 0.6) is 0 Å². The molecule has 110 valence electrons. The van der Waals surface area contributed by atoms with Crippen LogP contribution >= 0.6 is 11.3 Å². The van der Waals surface area contributed by atoms with Crippen LogP contribution < -0.4 is 0 Å².